The first-order chi connectivity index (χ1) is 12.2. The van der Waals surface area contributed by atoms with Crippen LogP contribution in [0.25, 0.3) is 0 Å². The van der Waals surface area contributed by atoms with Crippen LogP contribution in [0.1, 0.15) is 69.8 Å². The average molecular weight is 341 g/mol. The van der Waals surface area contributed by atoms with E-state index in [1.807, 2.05) is 11.0 Å². The SMILES string of the molecule is CNC(=O)c1cc[nH]c1C1CCCN(C(=O)c2cc(C3CC3)[nH]n2)C1. The van der Waals surface area contributed by atoms with E-state index in [9.17, 15) is 9.59 Å². The number of nitrogens with zero attached hydrogens (tertiary/aromatic N) is 2. The Kier molecular flexibility index (Phi) is 4.07. The predicted octanol–water partition coefficient (Wildman–Crippen LogP) is 1.99. The minimum absolute atomic E-state index is 0.0269. The lowest BCUT2D eigenvalue weighted by Crippen LogP contribution is -2.39. The number of likely N-dealkylation sites (tertiary alicyclic amines) is 1. The largest absolute Gasteiger partial charge is 0.364 e. The zero-order valence-corrected chi connectivity index (χ0v) is 14.3. The van der Waals surface area contributed by atoms with Gasteiger partial charge in [0.05, 0.1) is 5.56 Å². The van der Waals surface area contributed by atoms with E-state index in [0.29, 0.717) is 23.7 Å². The summed E-state index contributed by atoms with van der Waals surface area (Å²) in [5.74, 6) is 0.570. The Morgan fingerprint density at radius 1 is 1.28 bits per heavy atom. The number of hydrogen-bond donors (Lipinski definition) is 3. The van der Waals surface area contributed by atoms with Gasteiger partial charge >= 0.3 is 0 Å². The second-order valence-corrected chi connectivity index (χ2v) is 6.96. The molecule has 4 rings (SSSR count). The third-order valence-electron chi connectivity index (χ3n) is 5.20. The highest BCUT2D eigenvalue weighted by Crippen LogP contribution is 2.39. The highest BCUT2D eigenvalue weighted by Gasteiger charge is 2.31. The molecule has 1 saturated heterocycles. The fourth-order valence-electron chi connectivity index (χ4n) is 3.66. The molecule has 0 aromatic carbocycles. The monoisotopic (exact) mass is 341 g/mol. The lowest BCUT2D eigenvalue weighted by molar-refractivity contribution is 0.0700. The molecule has 1 aliphatic carbocycles. The van der Waals surface area contributed by atoms with Gasteiger partial charge in [-0.2, -0.15) is 5.10 Å². The van der Waals surface area contributed by atoms with Gasteiger partial charge in [0, 0.05) is 49.6 Å². The Bertz CT molecular complexity index is 789. The van der Waals surface area contributed by atoms with E-state index in [1.165, 1.54) is 12.8 Å². The molecule has 2 aliphatic rings. The molecular formula is C18H23N5O2. The zero-order valence-electron chi connectivity index (χ0n) is 14.3. The summed E-state index contributed by atoms with van der Waals surface area (Å²) < 4.78 is 0. The van der Waals surface area contributed by atoms with Crippen molar-refractivity contribution >= 4 is 11.8 Å². The Balaban J connectivity index is 1.49. The van der Waals surface area contributed by atoms with Crippen LogP contribution in [0, 0.1) is 0 Å². The number of piperidine rings is 1. The van der Waals surface area contributed by atoms with Crippen molar-refractivity contribution in [3.05, 3.63) is 41.0 Å². The summed E-state index contributed by atoms with van der Waals surface area (Å²) in [5, 5.41) is 9.89. The minimum atomic E-state index is -0.0962. The summed E-state index contributed by atoms with van der Waals surface area (Å²) in [5.41, 5.74) is 3.15. The summed E-state index contributed by atoms with van der Waals surface area (Å²) in [4.78, 5) is 29.9. The van der Waals surface area contributed by atoms with E-state index in [2.05, 4.69) is 20.5 Å². The highest BCUT2D eigenvalue weighted by atomic mass is 16.2. The standard InChI is InChI=1S/C18H23N5O2/c1-19-17(24)13-6-7-20-16(13)12-3-2-8-23(10-12)18(25)15-9-14(21-22-15)11-4-5-11/h6-7,9,11-12,20H,2-5,8,10H2,1H3,(H,19,24)(H,21,22). The molecular weight excluding hydrogens is 318 g/mol. The molecule has 1 saturated carbocycles. The van der Waals surface area contributed by atoms with Crippen LogP contribution in [-0.2, 0) is 0 Å². The third-order valence-corrected chi connectivity index (χ3v) is 5.20. The molecule has 25 heavy (non-hydrogen) atoms. The maximum absolute atomic E-state index is 12.8. The van der Waals surface area contributed by atoms with E-state index < -0.39 is 0 Å². The van der Waals surface area contributed by atoms with Gasteiger partial charge in [-0.1, -0.05) is 0 Å². The van der Waals surface area contributed by atoms with Gasteiger partial charge in [0.25, 0.3) is 11.8 Å². The van der Waals surface area contributed by atoms with Crippen molar-refractivity contribution in [1.29, 1.82) is 0 Å². The second-order valence-electron chi connectivity index (χ2n) is 6.96. The lowest BCUT2D eigenvalue weighted by Gasteiger charge is -2.32. The number of nitrogens with one attached hydrogen (secondary N) is 3. The number of rotatable bonds is 4. The molecule has 0 bridgehead atoms. The number of amides is 2. The molecule has 2 aromatic rings. The zero-order chi connectivity index (χ0) is 17.4. The fraction of sp³-hybridized carbons (Fsp3) is 0.500. The van der Waals surface area contributed by atoms with Crippen LogP contribution in [0.15, 0.2) is 18.3 Å². The van der Waals surface area contributed by atoms with E-state index in [0.717, 1.165) is 30.8 Å². The van der Waals surface area contributed by atoms with Crippen LogP contribution in [0.3, 0.4) is 0 Å². The third kappa shape index (κ3) is 3.06. The molecule has 7 nitrogen and oxygen atoms in total. The number of H-pyrrole nitrogens is 2. The van der Waals surface area contributed by atoms with Gasteiger partial charge in [-0.3, -0.25) is 14.7 Å². The van der Waals surface area contributed by atoms with Crippen LogP contribution < -0.4 is 5.32 Å². The molecule has 3 heterocycles. The number of aromatic amines is 2. The lowest BCUT2D eigenvalue weighted by atomic mass is 9.92. The summed E-state index contributed by atoms with van der Waals surface area (Å²) in [6.07, 6.45) is 6.02. The fourth-order valence-corrected chi connectivity index (χ4v) is 3.66. The van der Waals surface area contributed by atoms with Gasteiger partial charge in [0.15, 0.2) is 0 Å². The highest BCUT2D eigenvalue weighted by molar-refractivity contribution is 5.95. The summed E-state index contributed by atoms with van der Waals surface area (Å²) >= 11 is 0. The maximum Gasteiger partial charge on any atom is 0.274 e. The molecule has 2 amide bonds. The van der Waals surface area contributed by atoms with Crippen molar-refractivity contribution in [1.82, 2.24) is 25.4 Å². The van der Waals surface area contributed by atoms with Gasteiger partial charge in [0.1, 0.15) is 5.69 Å². The summed E-state index contributed by atoms with van der Waals surface area (Å²) in [7, 11) is 1.63. The van der Waals surface area contributed by atoms with Gasteiger partial charge < -0.3 is 15.2 Å². The molecule has 0 radical (unpaired) electrons. The van der Waals surface area contributed by atoms with Crippen molar-refractivity contribution < 1.29 is 9.59 Å². The molecule has 1 atom stereocenters. The van der Waals surface area contributed by atoms with Crippen LogP contribution >= 0.6 is 0 Å². The molecule has 2 fully saturated rings. The van der Waals surface area contributed by atoms with Crippen LogP contribution in [0.4, 0.5) is 0 Å². The number of carbonyl (C=O) groups is 2. The molecule has 132 valence electrons. The molecule has 0 spiro atoms. The quantitative estimate of drug-likeness (QED) is 0.794. The van der Waals surface area contributed by atoms with Crippen molar-refractivity contribution in [2.45, 2.75) is 37.5 Å². The van der Waals surface area contributed by atoms with E-state index >= 15 is 0 Å². The normalized spacial score (nSPS) is 20.5. The first kappa shape index (κ1) is 15.9. The number of carbonyl (C=O) groups excluding carboxylic acids is 2. The van der Waals surface area contributed by atoms with Gasteiger partial charge in [-0.05, 0) is 37.8 Å². The molecule has 1 unspecified atom stereocenters. The topological polar surface area (TPSA) is 93.9 Å². The Morgan fingerprint density at radius 2 is 2.12 bits per heavy atom. The van der Waals surface area contributed by atoms with E-state index in [1.54, 1.807) is 19.3 Å². The smallest absolute Gasteiger partial charge is 0.274 e. The predicted molar refractivity (Wildman–Crippen MR) is 92.6 cm³/mol. The first-order valence-electron chi connectivity index (χ1n) is 8.91. The molecule has 3 N–H and O–H groups in total. The Labute approximate surface area is 146 Å². The number of hydrogen-bond acceptors (Lipinski definition) is 3. The first-order valence-corrected chi connectivity index (χ1v) is 8.91. The van der Waals surface area contributed by atoms with E-state index in [-0.39, 0.29) is 17.7 Å². The van der Waals surface area contributed by atoms with Crippen LogP contribution in [0.2, 0.25) is 0 Å². The van der Waals surface area contributed by atoms with Gasteiger partial charge in [0.2, 0.25) is 0 Å². The van der Waals surface area contributed by atoms with Crippen molar-refractivity contribution in [2.24, 2.45) is 0 Å². The van der Waals surface area contributed by atoms with E-state index in [4.69, 9.17) is 0 Å². The van der Waals surface area contributed by atoms with Crippen molar-refractivity contribution in [2.75, 3.05) is 20.1 Å². The van der Waals surface area contributed by atoms with Crippen LogP contribution in [-0.4, -0.2) is 52.0 Å². The summed E-state index contributed by atoms with van der Waals surface area (Å²) in [6.45, 7) is 1.34. The molecule has 2 aromatic heterocycles. The number of aromatic nitrogens is 3. The van der Waals surface area contributed by atoms with Crippen molar-refractivity contribution in [3.8, 4) is 0 Å². The maximum atomic E-state index is 12.8. The Hall–Kier alpha value is -2.57. The molecule has 7 heteroatoms. The Morgan fingerprint density at radius 3 is 2.88 bits per heavy atom. The summed E-state index contributed by atoms with van der Waals surface area (Å²) in [6, 6.07) is 3.69. The average Bonchev–Trinajstić information content (AvgIpc) is 3.18. The minimum Gasteiger partial charge on any atom is -0.364 e. The second kappa shape index (κ2) is 6.38. The van der Waals surface area contributed by atoms with Crippen molar-refractivity contribution in [3.63, 3.8) is 0 Å². The van der Waals surface area contributed by atoms with Gasteiger partial charge in [-0.25, -0.2) is 0 Å². The van der Waals surface area contributed by atoms with Gasteiger partial charge in [-0.15, -0.1) is 0 Å². The molecule has 1 aliphatic heterocycles. The van der Waals surface area contributed by atoms with Crippen LogP contribution in [0.5, 0.6) is 0 Å².